The van der Waals surface area contributed by atoms with Gasteiger partial charge in [-0.05, 0) is 36.5 Å². The van der Waals surface area contributed by atoms with E-state index in [0.29, 0.717) is 11.3 Å². The summed E-state index contributed by atoms with van der Waals surface area (Å²) in [7, 11) is 0. The number of anilines is 1. The van der Waals surface area contributed by atoms with Gasteiger partial charge in [0.05, 0.1) is 11.9 Å². The van der Waals surface area contributed by atoms with E-state index in [1.165, 1.54) is 10.9 Å². The molecular formula is C18H15N5O2S. The number of hydrogen-bond acceptors (Lipinski definition) is 4. The molecule has 0 unspecified atom stereocenters. The number of nitrogens with zero attached hydrogens (tertiary/aromatic N) is 2. The molecule has 0 aliphatic carbocycles. The van der Waals surface area contributed by atoms with E-state index in [-0.39, 0.29) is 22.4 Å². The first-order valence-electron chi connectivity index (χ1n) is 7.67. The SMILES string of the molecule is NC(=O)c1cnn(-c2ccccc2)c1NC(=S)NC(=O)c1ccccc1. The summed E-state index contributed by atoms with van der Waals surface area (Å²) in [6, 6.07) is 17.8. The van der Waals surface area contributed by atoms with Crippen molar-refractivity contribution in [2.45, 2.75) is 0 Å². The van der Waals surface area contributed by atoms with Crippen molar-refractivity contribution in [3.63, 3.8) is 0 Å². The second-order valence-corrected chi connectivity index (χ2v) is 5.70. The van der Waals surface area contributed by atoms with Crippen molar-refractivity contribution in [1.29, 1.82) is 0 Å². The van der Waals surface area contributed by atoms with E-state index in [1.54, 1.807) is 24.3 Å². The maximum absolute atomic E-state index is 12.2. The number of thiocarbonyl (C=S) groups is 1. The molecule has 0 saturated heterocycles. The number of amides is 2. The number of primary amides is 1. The minimum atomic E-state index is -0.660. The van der Waals surface area contributed by atoms with Crippen molar-refractivity contribution in [3.05, 3.63) is 78.0 Å². The molecule has 2 aromatic carbocycles. The van der Waals surface area contributed by atoms with Crippen molar-refractivity contribution >= 4 is 35.0 Å². The molecule has 0 aliphatic heterocycles. The maximum Gasteiger partial charge on any atom is 0.257 e. The van der Waals surface area contributed by atoms with Crippen molar-refractivity contribution in [1.82, 2.24) is 15.1 Å². The number of para-hydroxylation sites is 1. The van der Waals surface area contributed by atoms with Gasteiger partial charge < -0.3 is 11.1 Å². The number of aromatic nitrogens is 2. The number of carbonyl (C=O) groups is 2. The second kappa shape index (κ2) is 7.58. The monoisotopic (exact) mass is 365 g/mol. The van der Waals surface area contributed by atoms with Crippen LogP contribution >= 0.6 is 12.2 Å². The summed E-state index contributed by atoms with van der Waals surface area (Å²) < 4.78 is 1.49. The Balaban J connectivity index is 1.84. The predicted molar refractivity (Wildman–Crippen MR) is 102 cm³/mol. The van der Waals surface area contributed by atoms with Crippen LogP contribution in [-0.4, -0.2) is 26.7 Å². The van der Waals surface area contributed by atoms with Crippen LogP contribution in [0.25, 0.3) is 5.69 Å². The van der Waals surface area contributed by atoms with Crippen LogP contribution in [0.4, 0.5) is 5.82 Å². The molecule has 0 bridgehead atoms. The Bertz CT molecular complexity index is 954. The average Bonchev–Trinajstić information content (AvgIpc) is 3.06. The Kier molecular flexibility index (Phi) is 5.04. The molecule has 0 aliphatic rings. The predicted octanol–water partition coefficient (Wildman–Crippen LogP) is 2.10. The van der Waals surface area contributed by atoms with E-state index in [2.05, 4.69) is 15.7 Å². The van der Waals surface area contributed by atoms with E-state index in [0.717, 1.165) is 0 Å². The van der Waals surface area contributed by atoms with Gasteiger partial charge in [0.1, 0.15) is 11.4 Å². The first-order chi connectivity index (χ1) is 12.6. The lowest BCUT2D eigenvalue weighted by Gasteiger charge is -2.13. The van der Waals surface area contributed by atoms with E-state index in [9.17, 15) is 9.59 Å². The second-order valence-electron chi connectivity index (χ2n) is 5.29. The summed E-state index contributed by atoms with van der Waals surface area (Å²) in [6.45, 7) is 0. The van der Waals surface area contributed by atoms with Gasteiger partial charge in [-0.3, -0.25) is 14.9 Å². The molecule has 0 spiro atoms. The molecule has 8 heteroatoms. The number of carbonyl (C=O) groups excluding carboxylic acids is 2. The van der Waals surface area contributed by atoms with Crippen LogP contribution in [0.5, 0.6) is 0 Å². The molecule has 4 N–H and O–H groups in total. The Hall–Kier alpha value is -3.52. The first-order valence-corrected chi connectivity index (χ1v) is 8.07. The highest BCUT2D eigenvalue weighted by Crippen LogP contribution is 2.19. The fourth-order valence-corrected chi connectivity index (χ4v) is 2.51. The lowest BCUT2D eigenvalue weighted by atomic mass is 10.2. The largest absolute Gasteiger partial charge is 0.365 e. The van der Waals surface area contributed by atoms with Crippen molar-refractivity contribution in [2.24, 2.45) is 5.73 Å². The van der Waals surface area contributed by atoms with Gasteiger partial charge in [0.25, 0.3) is 11.8 Å². The van der Waals surface area contributed by atoms with Crippen molar-refractivity contribution < 1.29 is 9.59 Å². The molecule has 1 heterocycles. The smallest absolute Gasteiger partial charge is 0.257 e. The Morgan fingerprint density at radius 2 is 1.62 bits per heavy atom. The van der Waals surface area contributed by atoms with Gasteiger partial charge in [-0.25, -0.2) is 4.68 Å². The molecule has 0 saturated carbocycles. The van der Waals surface area contributed by atoms with E-state index in [4.69, 9.17) is 18.0 Å². The molecular weight excluding hydrogens is 350 g/mol. The molecule has 0 radical (unpaired) electrons. The standard InChI is InChI=1S/C18H15N5O2S/c19-15(24)14-11-20-23(13-9-5-2-6-10-13)16(14)21-18(26)22-17(25)12-7-3-1-4-8-12/h1-11H,(H2,19,24)(H2,21,22,25,26). The molecule has 26 heavy (non-hydrogen) atoms. The molecule has 2 amide bonds. The highest BCUT2D eigenvalue weighted by Gasteiger charge is 2.18. The van der Waals surface area contributed by atoms with Crippen LogP contribution < -0.4 is 16.4 Å². The van der Waals surface area contributed by atoms with Gasteiger partial charge in [0.2, 0.25) is 0 Å². The third-order valence-corrected chi connectivity index (χ3v) is 3.73. The minimum Gasteiger partial charge on any atom is -0.365 e. The maximum atomic E-state index is 12.2. The Morgan fingerprint density at radius 3 is 2.23 bits per heavy atom. The number of rotatable bonds is 4. The zero-order chi connectivity index (χ0) is 18.5. The summed E-state index contributed by atoms with van der Waals surface area (Å²) in [5, 5.41) is 9.61. The van der Waals surface area contributed by atoms with Crippen LogP contribution in [0.1, 0.15) is 20.7 Å². The normalized spacial score (nSPS) is 10.2. The van der Waals surface area contributed by atoms with Gasteiger partial charge in [-0.15, -0.1) is 0 Å². The van der Waals surface area contributed by atoms with Crippen LogP contribution in [-0.2, 0) is 0 Å². The van der Waals surface area contributed by atoms with Gasteiger partial charge in [-0.1, -0.05) is 36.4 Å². The van der Waals surface area contributed by atoms with Gasteiger partial charge in [0.15, 0.2) is 5.11 Å². The summed E-state index contributed by atoms with van der Waals surface area (Å²) in [5.41, 5.74) is 6.74. The highest BCUT2D eigenvalue weighted by molar-refractivity contribution is 7.80. The van der Waals surface area contributed by atoms with Crippen LogP contribution in [0.2, 0.25) is 0 Å². The number of benzene rings is 2. The molecule has 3 rings (SSSR count). The van der Waals surface area contributed by atoms with Gasteiger partial charge in [0, 0.05) is 5.56 Å². The number of hydrogen-bond donors (Lipinski definition) is 3. The highest BCUT2D eigenvalue weighted by atomic mass is 32.1. The zero-order valence-electron chi connectivity index (χ0n) is 13.5. The number of nitrogens with two attached hydrogens (primary N) is 1. The Morgan fingerprint density at radius 1 is 1.00 bits per heavy atom. The van der Waals surface area contributed by atoms with Crippen LogP contribution in [0.15, 0.2) is 66.9 Å². The van der Waals surface area contributed by atoms with Crippen LogP contribution in [0.3, 0.4) is 0 Å². The molecule has 1 aromatic heterocycles. The first kappa shape index (κ1) is 17.3. The summed E-state index contributed by atoms with van der Waals surface area (Å²) in [4.78, 5) is 23.9. The molecule has 3 aromatic rings. The lowest BCUT2D eigenvalue weighted by Crippen LogP contribution is -2.35. The molecule has 7 nitrogen and oxygen atoms in total. The zero-order valence-corrected chi connectivity index (χ0v) is 14.4. The molecule has 0 fully saturated rings. The summed E-state index contributed by atoms with van der Waals surface area (Å²) in [5.74, 6) is -0.747. The minimum absolute atomic E-state index is 0.0269. The third-order valence-electron chi connectivity index (χ3n) is 3.53. The van der Waals surface area contributed by atoms with Crippen LogP contribution in [0, 0.1) is 0 Å². The van der Waals surface area contributed by atoms with Crippen molar-refractivity contribution in [2.75, 3.05) is 5.32 Å². The van der Waals surface area contributed by atoms with Crippen molar-refractivity contribution in [3.8, 4) is 5.69 Å². The fraction of sp³-hybridized carbons (Fsp3) is 0. The quantitative estimate of drug-likeness (QED) is 0.615. The van der Waals surface area contributed by atoms with Gasteiger partial charge >= 0.3 is 0 Å². The van der Waals surface area contributed by atoms with E-state index >= 15 is 0 Å². The van der Waals surface area contributed by atoms with Gasteiger partial charge in [-0.2, -0.15) is 5.10 Å². The number of nitrogens with one attached hydrogen (secondary N) is 2. The topological polar surface area (TPSA) is 102 Å². The molecule has 130 valence electrons. The molecule has 0 atom stereocenters. The van der Waals surface area contributed by atoms with E-state index < -0.39 is 5.91 Å². The van der Waals surface area contributed by atoms with E-state index in [1.807, 2.05) is 36.4 Å². The summed E-state index contributed by atoms with van der Waals surface area (Å²) in [6.07, 6.45) is 1.35. The third kappa shape index (κ3) is 3.76. The fourth-order valence-electron chi connectivity index (χ4n) is 2.32. The summed E-state index contributed by atoms with van der Waals surface area (Å²) >= 11 is 5.20. The lowest BCUT2D eigenvalue weighted by molar-refractivity contribution is 0.0975. The average molecular weight is 365 g/mol. The Labute approximate surface area is 154 Å².